The summed E-state index contributed by atoms with van der Waals surface area (Å²) in [5, 5.41) is 7.54. The summed E-state index contributed by atoms with van der Waals surface area (Å²) in [6.07, 6.45) is 2.68. The summed E-state index contributed by atoms with van der Waals surface area (Å²) in [5.74, 6) is 0.916. The van der Waals surface area contributed by atoms with E-state index in [-0.39, 0.29) is 0 Å². The van der Waals surface area contributed by atoms with Crippen LogP contribution in [0, 0.1) is 0 Å². The van der Waals surface area contributed by atoms with Gasteiger partial charge >= 0.3 is 0 Å². The Bertz CT molecular complexity index is 519. The molecule has 4 nitrogen and oxygen atoms in total. The Kier molecular flexibility index (Phi) is 5.18. The lowest BCUT2D eigenvalue weighted by Gasteiger charge is -2.13. The van der Waals surface area contributed by atoms with Gasteiger partial charge in [-0.1, -0.05) is 19.1 Å². The van der Waals surface area contributed by atoms with Crippen molar-refractivity contribution in [2.45, 2.75) is 26.3 Å². The Morgan fingerprint density at radius 1 is 1.25 bits per heavy atom. The molecule has 0 spiro atoms. The first-order valence-corrected chi connectivity index (χ1v) is 7.13. The van der Waals surface area contributed by atoms with Crippen LogP contribution in [0.5, 0.6) is 5.75 Å². The van der Waals surface area contributed by atoms with Crippen LogP contribution in [-0.2, 0) is 13.5 Å². The van der Waals surface area contributed by atoms with E-state index in [9.17, 15) is 0 Å². The third kappa shape index (κ3) is 3.84. The second-order valence-corrected chi connectivity index (χ2v) is 4.89. The van der Waals surface area contributed by atoms with Gasteiger partial charge in [-0.25, -0.2) is 0 Å². The Labute approximate surface area is 120 Å². The van der Waals surface area contributed by atoms with Crippen molar-refractivity contribution in [3.05, 3.63) is 47.8 Å². The van der Waals surface area contributed by atoms with Gasteiger partial charge in [0.25, 0.3) is 0 Å². The maximum absolute atomic E-state index is 5.77. The summed E-state index contributed by atoms with van der Waals surface area (Å²) in [4.78, 5) is 0. The van der Waals surface area contributed by atoms with Gasteiger partial charge in [-0.05, 0) is 37.2 Å². The number of aryl methyl sites for hydroxylation is 1. The summed E-state index contributed by atoms with van der Waals surface area (Å²) in [5.41, 5.74) is 2.47. The molecule has 1 aromatic heterocycles. The number of nitrogens with zero attached hydrogens (tertiary/aromatic N) is 2. The lowest BCUT2D eigenvalue weighted by molar-refractivity contribution is 0.318. The third-order valence-corrected chi connectivity index (χ3v) is 3.44. The molecule has 0 bridgehead atoms. The standard InChI is InChI=1S/C16H23N3O/c1-4-17-13(2)14-5-7-16(8-6-14)20-12-10-15-9-11-18-19(15)3/h5-9,11,13,17H,4,10,12H2,1-3H3. The van der Waals surface area contributed by atoms with Gasteiger partial charge in [0.05, 0.1) is 6.61 Å². The molecule has 1 unspecified atom stereocenters. The van der Waals surface area contributed by atoms with Gasteiger partial charge in [-0.15, -0.1) is 0 Å². The van der Waals surface area contributed by atoms with E-state index >= 15 is 0 Å². The van der Waals surface area contributed by atoms with Crippen LogP contribution in [0.15, 0.2) is 36.5 Å². The van der Waals surface area contributed by atoms with Crippen LogP contribution < -0.4 is 10.1 Å². The molecule has 1 N–H and O–H groups in total. The number of nitrogens with one attached hydrogen (secondary N) is 1. The van der Waals surface area contributed by atoms with Crippen LogP contribution in [0.1, 0.15) is 31.1 Å². The molecule has 0 saturated carbocycles. The molecule has 0 radical (unpaired) electrons. The fraction of sp³-hybridized carbons (Fsp3) is 0.438. The number of hydrogen-bond donors (Lipinski definition) is 1. The van der Waals surface area contributed by atoms with Crippen molar-refractivity contribution < 1.29 is 4.74 Å². The van der Waals surface area contributed by atoms with Crippen molar-refractivity contribution in [1.82, 2.24) is 15.1 Å². The molecule has 2 aromatic rings. The lowest BCUT2D eigenvalue weighted by Crippen LogP contribution is -2.17. The summed E-state index contributed by atoms with van der Waals surface area (Å²) in [6, 6.07) is 10.7. The Hall–Kier alpha value is -1.81. The number of hydrogen-bond acceptors (Lipinski definition) is 3. The molecular weight excluding hydrogens is 250 g/mol. The molecule has 108 valence electrons. The Balaban J connectivity index is 1.83. The molecule has 1 aromatic carbocycles. The van der Waals surface area contributed by atoms with E-state index in [1.54, 1.807) is 0 Å². The zero-order chi connectivity index (χ0) is 14.4. The van der Waals surface area contributed by atoms with E-state index in [0.717, 1.165) is 18.7 Å². The summed E-state index contributed by atoms with van der Waals surface area (Å²) in [6.45, 7) is 5.93. The molecule has 0 fully saturated rings. The van der Waals surface area contributed by atoms with E-state index in [4.69, 9.17) is 4.74 Å². The first kappa shape index (κ1) is 14.6. The number of ether oxygens (including phenoxy) is 1. The zero-order valence-electron chi connectivity index (χ0n) is 12.5. The van der Waals surface area contributed by atoms with Crippen LogP contribution in [0.3, 0.4) is 0 Å². The van der Waals surface area contributed by atoms with Crippen molar-refractivity contribution in [2.24, 2.45) is 7.05 Å². The monoisotopic (exact) mass is 273 g/mol. The van der Waals surface area contributed by atoms with Crippen molar-refractivity contribution in [1.29, 1.82) is 0 Å². The van der Waals surface area contributed by atoms with Crippen LogP contribution >= 0.6 is 0 Å². The van der Waals surface area contributed by atoms with E-state index in [0.29, 0.717) is 12.6 Å². The molecule has 4 heteroatoms. The predicted molar refractivity (Wildman–Crippen MR) is 80.9 cm³/mol. The molecule has 0 amide bonds. The van der Waals surface area contributed by atoms with Gasteiger partial charge in [-0.2, -0.15) is 5.10 Å². The van der Waals surface area contributed by atoms with E-state index < -0.39 is 0 Å². The average Bonchev–Trinajstić information content (AvgIpc) is 2.85. The van der Waals surface area contributed by atoms with Crippen molar-refractivity contribution in [3.8, 4) is 5.75 Å². The summed E-state index contributed by atoms with van der Waals surface area (Å²) >= 11 is 0. The van der Waals surface area contributed by atoms with Crippen molar-refractivity contribution in [2.75, 3.05) is 13.2 Å². The second kappa shape index (κ2) is 7.10. The fourth-order valence-corrected chi connectivity index (χ4v) is 2.20. The second-order valence-electron chi connectivity index (χ2n) is 4.89. The van der Waals surface area contributed by atoms with Gasteiger partial charge in [0, 0.05) is 31.4 Å². The molecule has 0 aliphatic heterocycles. The quantitative estimate of drug-likeness (QED) is 0.843. The predicted octanol–water partition coefficient (Wildman–Crippen LogP) is 2.71. The molecular formula is C16H23N3O. The molecule has 1 heterocycles. The number of benzene rings is 1. The lowest BCUT2D eigenvalue weighted by atomic mass is 10.1. The first-order valence-electron chi connectivity index (χ1n) is 7.13. The van der Waals surface area contributed by atoms with Crippen molar-refractivity contribution in [3.63, 3.8) is 0 Å². The molecule has 20 heavy (non-hydrogen) atoms. The van der Waals surface area contributed by atoms with Crippen LogP contribution in [0.2, 0.25) is 0 Å². The summed E-state index contributed by atoms with van der Waals surface area (Å²) in [7, 11) is 1.95. The first-order chi connectivity index (χ1) is 9.70. The third-order valence-electron chi connectivity index (χ3n) is 3.44. The SMILES string of the molecule is CCNC(C)c1ccc(OCCc2ccnn2C)cc1. The summed E-state index contributed by atoms with van der Waals surface area (Å²) < 4.78 is 7.65. The van der Waals surface area contributed by atoms with Gasteiger partial charge < -0.3 is 10.1 Å². The van der Waals surface area contributed by atoms with Crippen LogP contribution in [0.25, 0.3) is 0 Å². The minimum Gasteiger partial charge on any atom is -0.493 e. The Morgan fingerprint density at radius 3 is 2.60 bits per heavy atom. The number of rotatable bonds is 7. The highest BCUT2D eigenvalue weighted by molar-refractivity contribution is 5.29. The van der Waals surface area contributed by atoms with Gasteiger partial charge in [-0.3, -0.25) is 4.68 Å². The fourth-order valence-electron chi connectivity index (χ4n) is 2.20. The van der Waals surface area contributed by atoms with Crippen LogP contribution in [0.4, 0.5) is 0 Å². The molecule has 0 aliphatic carbocycles. The van der Waals surface area contributed by atoms with Gasteiger partial charge in [0.15, 0.2) is 0 Å². The molecule has 0 saturated heterocycles. The largest absolute Gasteiger partial charge is 0.493 e. The highest BCUT2D eigenvalue weighted by Crippen LogP contribution is 2.17. The van der Waals surface area contributed by atoms with E-state index in [2.05, 4.69) is 36.4 Å². The van der Waals surface area contributed by atoms with Crippen LogP contribution in [-0.4, -0.2) is 22.9 Å². The topological polar surface area (TPSA) is 39.1 Å². The average molecular weight is 273 g/mol. The van der Waals surface area contributed by atoms with Gasteiger partial charge in [0.1, 0.15) is 5.75 Å². The zero-order valence-corrected chi connectivity index (χ0v) is 12.5. The highest BCUT2D eigenvalue weighted by atomic mass is 16.5. The maximum Gasteiger partial charge on any atom is 0.119 e. The molecule has 2 rings (SSSR count). The minimum atomic E-state index is 0.378. The van der Waals surface area contributed by atoms with E-state index in [1.165, 1.54) is 11.3 Å². The Morgan fingerprint density at radius 2 is 2.00 bits per heavy atom. The van der Waals surface area contributed by atoms with E-state index in [1.807, 2.05) is 36.1 Å². The minimum absolute atomic E-state index is 0.378. The van der Waals surface area contributed by atoms with Gasteiger partial charge in [0.2, 0.25) is 0 Å². The number of aromatic nitrogens is 2. The van der Waals surface area contributed by atoms with Crippen molar-refractivity contribution >= 4 is 0 Å². The highest BCUT2D eigenvalue weighted by Gasteiger charge is 2.04. The molecule has 1 atom stereocenters. The molecule has 0 aliphatic rings. The normalized spacial score (nSPS) is 12.3. The maximum atomic E-state index is 5.77. The smallest absolute Gasteiger partial charge is 0.119 e.